The number of aliphatic hydroxyl groups is 1. The first-order chi connectivity index (χ1) is 7.22. The monoisotopic (exact) mass is 221 g/mol. The molecule has 80 valence electrons. The van der Waals surface area contributed by atoms with Crippen LogP contribution in [-0.4, -0.2) is 21.5 Å². The molecule has 0 amide bonds. The SMILES string of the molecule is CC(CO)Sc1cn(C)c2ccccc12. The lowest BCUT2D eigenvalue weighted by Crippen LogP contribution is -2.00. The maximum absolute atomic E-state index is 9.05. The number of hydrogen-bond donors (Lipinski definition) is 1. The number of fused-ring (bicyclic) bond motifs is 1. The number of benzene rings is 1. The van der Waals surface area contributed by atoms with Gasteiger partial charge in [0.1, 0.15) is 0 Å². The van der Waals surface area contributed by atoms with Crippen molar-refractivity contribution in [2.75, 3.05) is 6.61 Å². The molecule has 2 nitrogen and oxygen atoms in total. The molecule has 3 heteroatoms. The summed E-state index contributed by atoms with van der Waals surface area (Å²) in [5.74, 6) is 0. The van der Waals surface area contributed by atoms with E-state index in [0.717, 1.165) is 0 Å². The highest BCUT2D eigenvalue weighted by Crippen LogP contribution is 2.31. The molecule has 0 saturated heterocycles. The number of aryl methyl sites for hydroxylation is 1. The zero-order valence-corrected chi connectivity index (χ0v) is 9.79. The molecule has 0 aliphatic carbocycles. The van der Waals surface area contributed by atoms with Crippen LogP contribution in [0.3, 0.4) is 0 Å². The van der Waals surface area contributed by atoms with Crippen LogP contribution in [0.2, 0.25) is 0 Å². The van der Waals surface area contributed by atoms with Gasteiger partial charge in [-0.3, -0.25) is 0 Å². The summed E-state index contributed by atoms with van der Waals surface area (Å²) in [6, 6.07) is 8.34. The number of para-hydroxylation sites is 1. The summed E-state index contributed by atoms with van der Waals surface area (Å²) in [4.78, 5) is 1.25. The molecular weight excluding hydrogens is 206 g/mol. The average Bonchev–Trinajstić information content (AvgIpc) is 2.57. The third-order valence-electron chi connectivity index (χ3n) is 2.45. The highest BCUT2D eigenvalue weighted by molar-refractivity contribution is 8.00. The van der Waals surface area contributed by atoms with Crippen LogP contribution in [0.5, 0.6) is 0 Å². The van der Waals surface area contributed by atoms with Gasteiger partial charge in [-0.25, -0.2) is 0 Å². The third-order valence-corrected chi connectivity index (χ3v) is 3.58. The molecule has 0 saturated carbocycles. The van der Waals surface area contributed by atoms with Crippen LogP contribution in [0.15, 0.2) is 35.4 Å². The average molecular weight is 221 g/mol. The van der Waals surface area contributed by atoms with Crippen molar-refractivity contribution >= 4 is 22.7 Å². The van der Waals surface area contributed by atoms with Crippen molar-refractivity contribution in [3.8, 4) is 0 Å². The van der Waals surface area contributed by atoms with Crippen molar-refractivity contribution < 1.29 is 5.11 Å². The Morgan fingerprint density at radius 1 is 1.40 bits per heavy atom. The van der Waals surface area contributed by atoms with Gasteiger partial charge in [0, 0.05) is 34.3 Å². The molecule has 2 aromatic rings. The van der Waals surface area contributed by atoms with E-state index < -0.39 is 0 Å². The largest absolute Gasteiger partial charge is 0.395 e. The lowest BCUT2D eigenvalue weighted by molar-refractivity contribution is 0.300. The predicted molar refractivity (Wildman–Crippen MR) is 65.3 cm³/mol. The Labute approximate surface area is 93.9 Å². The normalized spacial score (nSPS) is 13.3. The lowest BCUT2D eigenvalue weighted by Gasteiger charge is -2.05. The number of thioether (sulfide) groups is 1. The Morgan fingerprint density at radius 3 is 2.87 bits per heavy atom. The Hall–Kier alpha value is -0.930. The summed E-state index contributed by atoms with van der Waals surface area (Å²) in [5.41, 5.74) is 1.24. The van der Waals surface area contributed by atoms with Crippen molar-refractivity contribution in [3.63, 3.8) is 0 Å². The van der Waals surface area contributed by atoms with Crippen LogP contribution in [-0.2, 0) is 7.05 Å². The molecule has 1 aromatic heterocycles. The third kappa shape index (κ3) is 2.03. The first-order valence-corrected chi connectivity index (χ1v) is 5.92. The molecule has 1 N–H and O–H groups in total. The summed E-state index contributed by atoms with van der Waals surface area (Å²) in [7, 11) is 2.05. The van der Waals surface area contributed by atoms with E-state index in [2.05, 4.69) is 36.0 Å². The highest BCUT2D eigenvalue weighted by Gasteiger charge is 2.09. The molecule has 1 aromatic carbocycles. The molecule has 0 spiro atoms. The summed E-state index contributed by atoms with van der Waals surface area (Å²) in [6.45, 7) is 2.25. The van der Waals surface area contributed by atoms with E-state index in [-0.39, 0.29) is 11.9 Å². The highest BCUT2D eigenvalue weighted by atomic mass is 32.2. The predicted octanol–water partition coefficient (Wildman–Crippen LogP) is 2.65. The Balaban J connectivity index is 2.43. The number of nitrogens with zero attached hydrogens (tertiary/aromatic N) is 1. The molecule has 2 rings (SSSR count). The van der Waals surface area contributed by atoms with Crippen LogP contribution in [0.25, 0.3) is 10.9 Å². The molecule has 1 unspecified atom stereocenters. The van der Waals surface area contributed by atoms with Crippen molar-refractivity contribution in [2.45, 2.75) is 17.1 Å². The Bertz CT molecular complexity index is 464. The second-order valence-electron chi connectivity index (χ2n) is 3.73. The molecule has 0 fully saturated rings. The van der Waals surface area contributed by atoms with Gasteiger partial charge in [-0.1, -0.05) is 25.1 Å². The van der Waals surface area contributed by atoms with Crippen molar-refractivity contribution in [1.29, 1.82) is 0 Å². The molecule has 0 aliphatic heterocycles. The first-order valence-electron chi connectivity index (χ1n) is 5.04. The molecule has 15 heavy (non-hydrogen) atoms. The maximum Gasteiger partial charge on any atom is 0.0550 e. The zero-order chi connectivity index (χ0) is 10.8. The first kappa shape index (κ1) is 10.6. The summed E-state index contributed by atoms with van der Waals surface area (Å²) in [6.07, 6.45) is 2.13. The van der Waals surface area contributed by atoms with E-state index >= 15 is 0 Å². The van der Waals surface area contributed by atoms with Gasteiger partial charge >= 0.3 is 0 Å². The number of aromatic nitrogens is 1. The van der Waals surface area contributed by atoms with E-state index in [1.165, 1.54) is 15.8 Å². The summed E-state index contributed by atoms with van der Waals surface area (Å²) in [5, 5.41) is 10.6. The van der Waals surface area contributed by atoms with E-state index in [1.807, 2.05) is 13.0 Å². The number of aliphatic hydroxyl groups excluding tert-OH is 1. The van der Waals surface area contributed by atoms with Gasteiger partial charge in [0.05, 0.1) is 6.61 Å². The molecule has 1 heterocycles. The quantitative estimate of drug-likeness (QED) is 0.806. The van der Waals surface area contributed by atoms with E-state index in [9.17, 15) is 0 Å². The number of hydrogen-bond acceptors (Lipinski definition) is 2. The lowest BCUT2D eigenvalue weighted by atomic mass is 10.2. The van der Waals surface area contributed by atoms with Gasteiger partial charge < -0.3 is 9.67 Å². The van der Waals surface area contributed by atoms with Crippen LogP contribution in [0.4, 0.5) is 0 Å². The van der Waals surface area contributed by atoms with E-state index in [4.69, 9.17) is 5.11 Å². The maximum atomic E-state index is 9.05. The van der Waals surface area contributed by atoms with Crippen LogP contribution < -0.4 is 0 Å². The fourth-order valence-corrected chi connectivity index (χ4v) is 2.68. The van der Waals surface area contributed by atoms with E-state index in [1.54, 1.807) is 11.8 Å². The molecule has 0 bridgehead atoms. The minimum Gasteiger partial charge on any atom is -0.395 e. The molecule has 1 atom stereocenters. The van der Waals surface area contributed by atoms with Gasteiger partial charge in [-0.15, -0.1) is 11.8 Å². The van der Waals surface area contributed by atoms with Gasteiger partial charge in [0.15, 0.2) is 0 Å². The Morgan fingerprint density at radius 2 is 2.13 bits per heavy atom. The molecule has 0 radical (unpaired) electrons. The van der Waals surface area contributed by atoms with Crippen molar-refractivity contribution in [1.82, 2.24) is 4.57 Å². The van der Waals surface area contributed by atoms with E-state index in [0.29, 0.717) is 0 Å². The topological polar surface area (TPSA) is 25.2 Å². The minimum atomic E-state index is 0.216. The summed E-state index contributed by atoms with van der Waals surface area (Å²) >= 11 is 1.72. The number of rotatable bonds is 3. The zero-order valence-electron chi connectivity index (χ0n) is 8.97. The molecular formula is C12H15NOS. The summed E-state index contributed by atoms with van der Waals surface area (Å²) < 4.78 is 2.13. The van der Waals surface area contributed by atoms with Crippen molar-refractivity contribution in [2.24, 2.45) is 7.05 Å². The minimum absolute atomic E-state index is 0.216. The Kier molecular flexibility index (Phi) is 3.03. The smallest absolute Gasteiger partial charge is 0.0550 e. The van der Waals surface area contributed by atoms with Gasteiger partial charge in [-0.2, -0.15) is 0 Å². The standard InChI is InChI=1S/C12H15NOS/c1-9(8-14)15-12-7-13(2)11-6-4-3-5-10(11)12/h3-7,9,14H,8H2,1-2H3. The fourth-order valence-electron chi connectivity index (χ4n) is 1.65. The van der Waals surface area contributed by atoms with Crippen LogP contribution in [0.1, 0.15) is 6.92 Å². The van der Waals surface area contributed by atoms with Gasteiger partial charge in [0.25, 0.3) is 0 Å². The van der Waals surface area contributed by atoms with Gasteiger partial charge in [-0.05, 0) is 6.07 Å². The van der Waals surface area contributed by atoms with Gasteiger partial charge in [0.2, 0.25) is 0 Å². The van der Waals surface area contributed by atoms with Crippen LogP contribution in [0, 0.1) is 0 Å². The van der Waals surface area contributed by atoms with Crippen molar-refractivity contribution in [3.05, 3.63) is 30.5 Å². The second-order valence-corrected chi connectivity index (χ2v) is 5.21. The van der Waals surface area contributed by atoms with Crippen LogP contribution >= 0.6 is 11.8 Å². The second kappa shape index (κ2) is 4.29. The fraction of sp³-hybridized carbons (Fsp3) is 0.333. The molecule has 0 aliphatic rings.